The molecule has 0 radical (unpaired) electrons. The van der Waals surface area contributed by atoms with Crippen LogP contribution in [0.5, 0.6) is 0 Å². The molecule has 1 N–H and O–H groups in total. The number of nitrogens with zero attached hydrogens (tertiary/aromatic N) is 3. The molecule has 0 spiro atoms. The van der Waals surface area contributed by atoms with Crippen LogP contribution in [0.4, 0.5) is 4.79 Å². The van der Waals surface area contributed by atoms with Crippen molar-refractivity contribution in [3.63, 3.8) is 0 Å². The Labute approximate surface area is 120 Å². The number of hydrogen-bond acceptors (Lipinski definition) is 3. The Morgan fingerprint density at radius 1 is 1.10 bits per heavy atom. The molecule has 2 atom stereocenters. The smallest absolute Gasteiger partial charge is 0.320 e. The van der Waals surface area contributed by atoms with Gasteiger partial charge in [-0.3, -0.25) is 9.69 Å². The zero-order valence-electron chi connectivity index (χ0n) is 12.4. The highest BCUT2D eigenvalue weighted by atomic mass is 16.4. The van der Waals surface area contributed by atoms with Gasteiger partial charge in [0.15, 0.2) is 0 Å². The molecule has 6 heteroatoms. The van der Waals surface area contributed by atoms with E-state index in [1.54, 1.807) is 6.92 Å². The maximum atomic E-state index is 12.4. The van der Waals surface area contributed by atoms with Crippen molar-refractivity contribution >= 4 is 12.0 Å². The van der Waals surface area contributed by atoms with E-state index in [4.69, 9.17) is 5.11 Å². The number of carbonyl (C=O) groups is 2. The molecule has 2 saturated heterocycles. The summed E-state index contributed by atoms with van der Waals surface area (Å²) in [6, 6.07) is -0.346. The van der Waals surface area contributed by atoms with Gasteiger partial charge < -0.3 is 14.9 Å². The van der Waals surface area contributed by atoms with Gasteiger partial charge in [0.25, 0.3) is 0 Å². The lowest BCUT2D eigenvalue weighted by Crippen LogP contribution is -2.56. The zero-order valence-corrected chi connectivity index (χ0v) is 12.4. The van der Waals surface area contributed by atoms with E-state index in [-0.39, 0.29) is 6.03 Å². The Bertz CT molecular complexity index is 367. The summed E-state index contributed by atoms with van der Waals surface area (Å²) in [5, 5.41) is 9.01. The minimum absolute atomic E-state index is 0.124. The van der Waals surface area contributed by atoms with Gasteiger partial charge >= 0.3 is 12.0 Å². The van der Waals surface area contributed by atoms with Crippen LogP contribution in [0.25, 0.3) is 0 Å². The van der Waals surface area contributed by atoms with E-state index >= 15 is 0 Å². The fraction of sp³-hybridized carbons (Fsp3) is 0.857. The standard InChI is InChI=1S/C14H25N3O3/c1-11-4-3-5-17(10-11)14(20)16-8-6-15(7-9-16)12(2)13(18)19/h11-12H,3-10H2,1-2H3,(H,18,19). The van der Waals surface area contributed by atoms with Crippen molar-refractivity contribution in [2.24, 2.45) is 5.92 Å². The average molecular weight is 283 g/mol. The van der Waals surface area contributed by atoms with Crippen molar-refractivity contribution in [1.29, 1.82) is 0 Å². The first-order chi connectivity index (χ1) is 9.49. The minimum atomic E-state index is -0.797. The highest BCUT2D eigenvalue weighted by Crippen LogP contribution is 2.18. The number of carboxylic acid groups (broad SMARTS) is 1. The van der Waals surface area contributed by atoms with Crippen LogP contribution < -0.4 is 0 Å². The molecule has 2 unspecified atom stereocenters. The molecule has 0 aliphatic carbocycles. The van der Waals surface area contributed by atoms with E-state index in [1.807, 2.05) is 14.7 Å². The highest BCUT2D eigenvalue weighted by molar-refractivity contribution is 5.75. The molecule has 0 bridgehead atoms. The predicted molar refractivity (Wildman–Crippen MR) is 75.6 cm³/mol. The predicted octanol–water partition coefficient (Wildman–Crippen LogP) is 0.929. The average Bonchev–Trinajstić information content (AvgIpc) is 2.46. The molecule has 2 heterocycles. The summed E-state index contributed by atoms with van der Waals surface area (Å²) in [6.07, 6.45) is 2.29. The van der Waals surface area contributed by atoms with Crippen LogP contribution in [0.3, 0.4) is 0 Å². The number of carbonyl (C=O) groups excluding carboxylic acids is 1. The summed E-state index contributed by atoms with van der Waals surface area (Å²) in [7, 11) is 0. The van der Waals surface area contributed by atoms with Crippen molar-refractivity contribution in [1.82, 2.24) is 14.7 Å². The van der Waals surface area contributed by atoms with Gasteiger partial charge in [-0.15, -0.1) is 0 Å². The van der Waals surface area contributed by atoms with Crippen LogP contribution in [-0.2, 0) is 4.79 Å². The fourth-order valence-electron chi connectivity index (χ4n) is 3.02. The first-order valence-electron chi connectivity index (χ1n) is 7.49. The van der Waals surface area contributed by atoms with Crippen LogP contribution in [0, 0.1) is 5.92 Å². The molecule has 0 aromatic rings. The van der Waals surface area contributed by atoms with Crippen LogP contribution in [-0.4, -0.2) is 77.1 Å². The largest absolute Gasteiger partial charge is 0.480 e. The van der Waals surface area contributed by atoms with Gasteiger partial charge in [0.1, 0.15) is 6.04 Å². The second-order valence-corrected chi connectivity index (χ2v) is 6.01. The Hall–Kier alpha value is -1.30. The summed E-state index contributed by atoms with van der Waals surface area (Å²) in [5.41, 5.74) is 0. The topological polar surface area (TPSA) is 64.1 Å². The van der Waals surface area contributed by atoms with Crippen LogP contribution >= 0.6 is 0 Å². The molecular weight excluding hydrogens is 258 g/mol. The molecule has 0 aromatic carbocycles. The van der Waals surface area contributed by atoms with Crippen LogP contribution in [0.2, 0.25) is 0 Å². The van der Waals surface area contributed by atoms with Gasteiger partial charge in [0.05, 0.1) is 0 Å². The van der Waals surface area contributed by atoms with E-state index in [2.05, 4.69) is 6.92 Å². The number of urea groups is 1. The first kappa shape index (κ1) is 15.1. The third kappa shape index (κ3) is 3.42. The lowest BCUT2D eigenvalue weighted by Gasteiger charge is -2.40. The number of amides is 2. The number of carboxylic acids is 1. The number of piperidine rings is 1. The second-order valence-electron chi connectivity index (χ2n) is 6.01. The molecule has 2 amide bonds. The molecule has 20 heavy (non-hydrogen) atoms. The van der Waals surface area contributed by atoms with Crippen molar-refractivity contribution < 1.29 is 14.7 Å². The molecule has 2 rings (SSSR count). The minimum Gasteiger partial charge on any atom is -0.480 e. The highest BCUT2D eigenvalue weighted by Gasteiger charge is 2.30. The van der Waals surface area contributed by atoms with E-state index in [0.717, 1.165) is 19.5 Å². The molecular formula is C14H25N3O3. The van der Waals surface area contributed by atoms with Gasteiger partial charge in [-0.05, 0) is 25.7 Å². The lowest BCUT2D eigenvalue weighted by atomic mass is 10.0. The third-order valence-electron chi connectivity index (χ3n) is 4.42. The van der Waals surface area contributed by atoms with Crippen molar-refractivity contribution in [3.8, 4) is 0 Å². The van der Waals surface area contributed by atoms with Crippen molar-refractivity contribution in [2.75, 3.05) is 39.3 Å². The lowest BCUT2D eigenvalue weighted by molar-refractivity contribution is -0.143. The Kier molecular flexibility index (Phi) is 4.86. The number of likely N-dealkylation sites (tertiary alicyclic amines) is 1. The molecule has 2 fully saturated rings. The maximum Gasteiger partial charge on any atom is 0.320 e. The van der Waals surface area contributed by atoms with Gasteiger partial charge in [-0.2, -0.15) is 0 Å². The number of aliphatic carboxylic acids is 1. The summed E-state index contributed by atoms with van der Waals surface area (Å²) in [5.74, 6) is -0.212. The van der Waals surface area contributed by atoms with Gasteiger partial charge in [0.2, 0.25) is 0 Å². The molecule has 2 aliphatic rings. The number of piperazine rings is 1. The summed E-state index contributed by atoms with van der Waals surface area (Å²) in [4.78, 5) is 29.1. The Balaban J connectivity index is 1.84. The SMILES string of the molecule is CC1CCCN(C(=O)N2CCN(C(C)C(=O)O)CC2)C1. The summed E-state index contributed by atoms with van der Waals surface area (Å²) >= 11 is 0. The van der Waals surface area contributed by atoms with E-state index in [9.17, 15) is 9.59 Å². The van der Waals surface area contributed by atoms with Crippen molar-refractivity contribution in [2.45, 2.75) is 32.7 Å². The first-order valence-corrected chi connectivity index (χ1v) is 7.49. The fourth-order valence-corrected chi connectivity index (χ4v) is 3.02. The Morgan fingerprint density at radius 2 is 1.75 bits per heavy atom. The quantitative estimate of drug-likeness (QED) is 0.819. The zero-order chi connectivity index (χ0) is 14.7. The van der Waals surface area contributed by atoms with E-state index in [0.29, 0.717) is 32.1 Å². The second kappa shape index (κ2) is 6.43. The molecule has 0 saturated carbocycles. The van der Waals surface area contributed by atoms with Gasteiger partial charge in [-0.1, -0.05) is 6.92 Å². The van der Waals surface area contributed by atoms with E-state index < -0.39 is 12.0 Å². The van der Waals surface area contributed by atoms with Crippen LogP contribution in [0.1, 0.15) is 26.7 Å². The molecule has 2 aliphatic heterocycles. The maximum absolute atomic E-state index is 12.4. The van der Waals surface area contributed by atoms with E-state index in [1.165, 1.54) is 6.42 Å². The Morgan fingerprint density at radius 3 is 2.30 bits per heavy atom. The number of rotatable bonds is 2. The van der Waals surface area contributed by atoms with Crippen molar-refractivity contribution in [3.05, 3.63) is 0 Å². The van der Waals surface area contributed by atoms with Gasteiger partial charge in [0, 0.05) is 39.3 Å². The number of hydrogen-bond donors (Lipinski definition) is 1. The van der Waals surface area contributed by atoms with Crippen LogP contribution in [0.15, 0.2) is 0 Å². The molecule has 6 nitrogen and oxygen atoms in total. The van der Waals surface area contributed by atoms with Gasteiger partial charge in [-0.25, -0.2) is 4.79 Å². The normalized spacial score (nSPS) is 26.4. The monoisotopic (exact) mass is 283 g/mol. The molecule has 114 valence electrons. The third-order valence-corrected chi connectivity index (χ3v) is 4.42. The summed E-state index contributed by atoms with van der Waals surface area (Å²) < 4.78 is 0. The summed E-state index contributed by atoms with van der Waals surface area (Å²) in [6.45, 7) is 8.13. The molecule has 0 aromatic heterocycles.